The molecule has 0 radical (unpaired) electrons. The summed E-state index contributed by atoms with van der Waals surface area (Å²) in [5.41, 5.74) is 1.63. The third-order valence-electron chi connectivity index (χ3n) is 4.66. The number of sulfonamides is 1. The molecule has 6 nitrogen and oxygen atoms in total. The summed E-state index contributed by atoms with van der Waals surface area (Å²) in [5.74, 6) is -0.881. The minimum Gasteiger partial charge on any atom is -0.465 e. The molecule has 8 heteroatoms. The van der Waals surface area contributed by atoms with Crippen molar-refractivity contribution in [3.63, 3.8) is 0 Å². The number of anilines is 1. The second-order valence-electron chi connectivity index (χ2n) is 6.34. The van der Waals surface area contributed by atoms with E-state index in [1.54, 1.807) is 31.2 Å². The third-order valence-corrected chi connectivity index (χ3v) is 6.70. The molecule has 0 aliphatic carbocycles. The van der Waals surface area contributed by atoms with Crippen LogP contribution in [0.4, 0.5) is 10.1 Å². The zero-order chi connectivity index (χ0) is 19.6. The Labute approximate surface area is 158 Å². The lowest BCUT2D eigenvalue weighted by Crippen LogP contribution is -2.48. The lowest BCUT2D eigenvalue weighted by Gasteiger charge is -2.35. The number of ether oxygens (including phenoxy) is 1. The van der Waals surface area contributed by atoms with Crippen LogP contribution in [0.15, 0.2) is 47.4 Å². The van der Waals surface area contributed by atoms with Gasteiger partial charge in [0, 0.05) is 31.9 Å². The number of rotatable bonds is 4. The van der Waals surface area contributed by atoms with Gasteiger partial charge in [0.25, 0.3) is 0 Å². The van der Waals surface area contributed by atoms with E-state index >= 15 is 0 Å². The smallest absolute Gasteiger partial charge is 0.337 e. The van der Waals surface area contributed by atoms with E-state index in [9.17, 15) is 17.6 Å². The van der Waals surface area contributed by atoms with Gasteiger partial charge in [-0.3, -0.25) is 0 Å². The molecule has 0 spiro atoms. The SMILES string of the molecule is COC(=O)c1ccc(C)c(S(=O)(=O)N2CCN(c3ccc(F)cc3)CC2)c1. The fourth-order valence-electron chi connectivity index (χ4n) is 3.10. The van der Waals surface area contributed by atoms with E-state index in [4.69, 9.17) is 0 Å². The molecule has 27 heavy (non-hydrogen) atoms. The summed E-state index contributed by atoms with van der Waals surface area (Å²) in [7, 11) is -2.48. The Morgan fingerprint density at radius 2 is 1.67 bits per heavy atom. The molecular weight excluding hydrogens is 371 g/mol. The summed E-state index contributed by atoms with van der Waals surface area (Å²) < 4.78 is 45.3. The molecular formula is C19H21FN2O4S. The molecule has 0 amide bonds. The highest BCUT2D eigenvalue weighted by Crippen LogP contribution is 2.24. The number of aryl methyl sites for hydroxylation is 1. The van der Waals surface area contributed by atoms with Crippen molar-refractivity contribution in [1.82, 2.24) is 4.31 Å². The van der Waals surface area contributed by atoms with Gasteiger partial charge in [0.15, 0.2) is 0 Å². The first-order valence-corrected chi connectivity index (χ1v) is 9.96. The molecule has 1 fully saturated rings. The van der Waals surface area contributed by atoms with Gasteiger partial charge in [-0.1, -0.05) is 6.07 Å². The van der Waals surface area contributed by atoms with Crippen LogP contribution in [0, 0.1) is 12.7 Å². The Hall–Kier alpha value is -2.45. The Bertz CT molecular complexity index is 937. The number of hydrogen-bond acceptors (Lipinski definition) is 5. The van der Waals surface area contributed by atoms with Crippen molar-refractivity contribution in [2.45, 2.75) is 11.8 Å². The van der Waals surface area contributed by atoms with Gasteiger partial charge in [0.05, 0.1) is 17.6 Å². The summed E-state index contributed by atoms with van der Waals surface area (Å²) in [6.07, 6.45) is 0. The maximum atomic E-state index is 13.1. The largest absolute Gasteiger partial charge is 0.465 e. The summed E-state index contributed by atoms with van der Waals surface area (Å²) in [6, 6.07) is 10.7. The van der Waals surface area contributed by atoms with Crippen LogP contribution < -0.4 is 4.90 Å². The summed E-state index contributed by atoms with van der Waals surface area (Å²) in [4.78, 5) is 13.9. The van der Waals surface area contributed by atoms with Gasteiger partial charge in [-0.15, -0.1) is 0 Å². The predicted molar refractivity (Wildman–Crippen MR) is 99.9 cm³/mol. The first-order valence-electron chi connectivity index (χ1n) is 8.52. The Balaban J connectivity index is 1.79. The molecule has 2 aromatic rings. The standard InChI is InChI=1S/C19H21FN2O4S/c1-14-3-4-15(19(23)26-2)13-18(14)27(24,25)22-11-9-21(10-12-22)17-7-5-16(20)6-8-17/h3-8,13H,9-12H2,1-2H3. The van der Waals surface area contributed by atoms with E-state index in [-0.39, 0.29) is 16.3 Å². The van der Waals surface area contributed by atoms with Gasteiger partial charge >= 0.3 is 5.97 Å². The fraction of sp³-hybridized carbons (Fsp3) is 0.316. The lowest BCUT2D eigenvalue weighted by atomic mass is 10.1. The van der Waals surface area contributed by atoms with E-state index in [1.165, 1.54) is 29.6 Å². The van der Waals surface area contributed by atoms with Crippen LogP contribution in [0.25, 0.3) is 0 Å². The lowest BCUT2D eigenvalue weighted by molar-refractivity contribution is 0.0600. The number of hydrogen-bond donors (Lipinski definition) is 0. The zero-order valence-corrected chi connectivity index (χ0v) is 16.0. The highest BCUT2D eigenvalue weighted by atomic mass is 32.2. The molecule has 0 aromatic heterocycles. The van der Waals surface area contributed by atoms with Crippen molar-refractivity contribution in [2.75, 3.05) is 38.2 Å². The molecule has 0 bridgehead atoms. The van der Waals surface area contributed by atoms with E-state index in [0.29, 0.717) is 31.7 Å². The topological polar surface area (TPSA) is 66.9 Å². The van der Waals surface area contributed by atoms with Crippen LogP contribution in [0.3, 0.4) is 0 Å². The van der Waals surface area contributed by atoms with Gasteiger partial charge in [0.1, 0.15) is 5.82 Å². The van der Waals surface area contributed by atoms with Crippen LogP contribution in [-0.4, -0.2) is 52.0 Å². The van der Waals surface area contributed by atoms with Crippen LogP contribution in [0.2, 0.25) is 0 Å². The van der Waals surface area contributed by atoms with Crippen molar-refractivity contribution in [1.29, 1.82) is 0 Å². The van der Waals surface area contributed by atoms with E-state index in [2.05, 4.69) is 4.74 Å². The highest BCUT2D eigenvalue weighted by Gasteiger charge is 2.30. The number of benzene rings is 2. The molecule has 0 unspecified atom stereocenters. The minimum atomic E-state index is -3.73. The van der Waals surface area contributed by atoms with Crippen molar-refractivity contribution < 1.29 is 22.3 Å². The average Bonchev–Trinajstić information content (AvgIpc) is 2.68. The van der Waals surface area contributed by atoms with Crippen molar-refractivity contribution in [3.8, 4) is 0 Å². The summed E-state index contributed by atoms with van der Waals surface area (Å²) >= 11 is 0. The minimum absolute atomic E-state index is 0.112. The third kappa shape index (κ3) is 3.96. The van der Waals surface area contributed by atoms with Crippen LogP contribution >= 0.6 is 0 Å². The molecule has 1 saturated heterocycles. The van der Waals surface area contributed by atoms with E-state index in [0.717, 1.165) is 5.69 Å². The first kappa shape index (κ1) is 19.3. The number of esters is 1. The van der Waals surface area contributed by atoms with Crippen LogP contribution in [0.5, 0.6) is 0 Å². The molecule has 2 aromatic carbocycles. The summed E-state index contributed by atoms with van der Waals surface area (Å²) in [6.45, 7) is 3.31. The first-order chi connectivity index (χ1) is 12.8. The van der Waals surface area contributed by atoms with Crippen LogP contribution in [0.1, 0.15) is 15.9 Å². The van der Waals surface area contributed by atoms with Crippen molar-refractivity contribution in [2.24, 2.45) is 0 Å². The quantitative estimate of drug-likeness (QED) is 0.748. The normalized spacial score (nSPS) is 15.6. The van der Waals surface area contributed by atoms with Gasteiger partial charge < -0.3 is 9.64 Å². The molecule has 0 atom stereocenters. The molecule has 3 rings (SSSR count). The molecule has 1 aliphatic heterocycles. The Morgan fingerprint density at radius 1 is 1.04 bits per heavy atom. The Morgan fingerprint density at radius 3 is 2.26 bits per heavy atom. The maximum Gasteiger partial charge on any atom is 0.337 e. The summed E-state index contributed by atoms with van der Waals surface area (Å²) in [5, 5.41) is 0. The Kier molecular flexibility index (Phi) is 5.48. The number of nitrogens with zero attached hydrogens (tertiary/aromatic N) is 2. The second kappa shape index (κ2) is 7.66. The second-order valence-corrected chi connectivity index (χ2v) is 8.25. The van der Waals surface area contributed by atoms with Crippen LogP contribution in [-0.2, 0) is 14.8 Å². The molecule has 1 heterocycles. The van der Waals surface area contributed by atoms with Crippen molar-refractivity contribution >= 4 is 21.7 Å². The zero-order valence-electron chi connectivity index (χ0n) is 15.2. The molecule has 0 N–H and O–H groups in total. The molecule has 144 valence electrons. The van der Waals surface area contributed by atoms with Gasteiger partial charge in [-0.25, -0.2) is 17.6 Å². The average molecular weight is 392 g/mol. The number of halogens is 1. The maximum absolute atomic E-state index is 13.1. The van der Waals surface area contributed by atoms with Gasteiger partial charge in [-0.2, -0.15) is 4.31 Å². The van der Waals surface area contributed by atoms with Gasteiger partial charge in [-0.05, 0) is 48.9 Å². The number of piperazine rings is 1. The highest BCUT2D eigenvalue weighted by molar-refractivity contribution is 7.89. The monoisotopic (exact) mass is 392 g/mol. The number of carbonyl (C=O) groups excluding carboxylic acids is 1. The van der Waals surface area contributed by atoms with E-state index in [1.807, 2.05) is 4.90 Å². The van der Waals surface area contributed by atoms with Crippen molar-refractivity contribution in [3.05, 3.63) is 59.4 Å². The fourth-order valence-corrected chi connectivity index (χ4v) is 4.77. The van der Waals surface area contributed by atoms with E-state index < -0.39 is 16.0 Å². The molecule has 1 aliphatic rings. The van der Waals surface area contributed by atoms with Gasteiger partial charge in [0.2, 0.25) is 10.0 Å². The molecule has 0 saturated carbocycles. The number of carbonyl (C=O) groups is 1. The predicted octanol–water partition coefficient (Wildman–Crippen LogP) is 2.43. The number of methoxy groups -OCH3 is 1.